The van der Waals surface area contributed by atoms with Gasteiger partial charge in [-0.05, 0) is 62.6 Å². The van der Waals surface area contributed by atoms with Crippen LogP contribution in [0, 0.1) is 5.92 Å². The Morgan fingerprint density at radius 1 is 1.23 bits per heavy atom. The summed E-state index contributed by atoms with van der Waals surface area (Å²) in [6, 6.07) is 3.52. The first kappa shape index (κ1) is 16.2. The minimum absolute atomic E-state index is 0.0783. The van der Waals surface area contributed by atoms with E-state index in [-0.39, 0.29) is 6.04 Å². The highest BCUT2D eigenvalue weighted by Crippen LogP contribution is 2.22. The first-order valence-electron chi connectivity index (χ1n) is 8.07. The third kappa shape index (κ3) is 4.19. The van der Waals surface area contributed by atoms with Crippen LogP contribution in [0.4, 0.5) is 0 Å². The van der Waals surface area contributed by atoms with Gasteiger partial charge in [-0.1, -0.05) is 18.2 Å². The molecule has 1 aliphatic carbocycles. The molecule has 0 aromatic carbocycles. The fourth-order valence-corrected chi connectivity index (χ4v) is 5.63. The summed E-state index contributed by atoms with van der Waals surface area (Å²) in [4.78, 5) is 2.50. The van der Waals surface area contributed by atoms with Crippen molar-refractivity contribution in [2.45, 2.75) is 42.4 Å². The van der Waals surface area contributed by atoms with E-state index in [1.807, 2.05) is 0 Å². The summed E-state index contributed by atoms with van der Waals surface area (Å²) in [6.45, 7) is 3.16. The molecule has 122 valence electrons. The average molecular weight is 341 g/mol. The lowest BCUT2D eigenvalue weighted by atomic mass is 9.93. The van der Waals surface area contributed by atoms with Gasteiger partial charge in [0.15, 0.2) is 0 Å². The van der Waals surface area contributed by atoms with Crippen molar-refractivity contribution in [3.8, 4) is 0 Å². The number of allylic oxidation sites excluding steroid dienone is 2. The number of nitrogens with zero attached hydrogens (tertiary/aromatic N) is 1. The molecular weight excluding hydrogens is 316 g/mol. The van der Waals surface area contributed by atoms with Crippen molar-refractivity contribution in [1.29, 1.82) is 0 Å². The molecule has 0 radical (unpaired) electrons. The Labute approximate surface area is 137 Å². The maximum absolute atomic E-state index is 12.2. The van der Waals surface area contributed by atoms with Gasteiger partial charge in [0.05, 0.1) is 0 Å². The van der Waals surface area contributed by atoms with Gasteiger partial charge in [0, 0.05) is 12.6 Å². The van der Waals surface area contributed by atoms with E-state index in [9.17, 15) is 8.42 Å². The predicted octanol–water partition coefficient (Wildman–Crippen LogP) is 2.85. The number of rotatable bonds is 5. The molecule has 1 unspecified atom stereocenters. The van der Waals surface area contributed by atoms with Crippen LogP contribution in [-0.2, 0) is 10.0 Å². The summed E-state index contributed by atoms with van der Waals surface area (Å²) < 4.78 is 27.8. The van der Waals surface area contributed by atoms with Crippen molar-refractivity contribution in [2.24, 2.45) is 5.92 Å². The summed E-state index contributed by atoms with van der Waals surface area (Å²) in [7, 11) is -3.32. The van der Waals surface area contributed by atoms with Gasteiger partial charge in [0.25, 0.3) is 0 Å². The van der Waals surface area contributed by atoms with Crippen LogP contribution in [0.5, 0.6) is 0 Å². The molecule has 1 aromatic rings. The molecule has 0 bridgehead atoms. The smallest absolute Gasteiger partial charge is 0.250 e. The fourth-order valence-electron chi connectivity index (χ4n) is 3.31. The Morgan fingerprint density at radius 2 is 2.05 bits per heavy atom. The summed E-state index contributed by atoms with van der Waals surface area (Å²) >= 11 is 1.27. The van der Waals surface area contributed by atoms with E-state index in [4.69, 9.17) is 0 Å². The normalized spacial score (nSPS) is 24.6. The van der Waals surface area contributed by atoms with Crippen molar-refractivity contribution < 1.29 is 8.42 Å². The maximum Gasteiger partial charge on any atom is 0.250 e. The summed E-state index contributed by atoms with van der Waals surface area (Å²) in [6.07, 6.45) is 10.1. The Bertz CT molecular complexity index is 588. The summed E-state index contributed by atoms with van der Waals surface area (Å²) in [5.41, 5.74) is 0. The molecule has 1 aromatic heterocycles. The summed E-state index contributed by atoms with van der Waals surface area (Å²) in [5, 5.41) is 1.80. The van der Waals surface area contributed by atoms with Gasteiger partial charge in [-0.25, -0.2) is 13.1 Å². The van der Waals surface area contributed by atoms with Crippen LogP contribution in [0.1, 0.15) is 32.1 Å². The van der Waals surface area contributed by atoms with Crippen LogP contribution in [0.2, 0.25) is 0 Å². The second-order valence-corrected chi connectivity index (χ2v) is 9.17. The summed E-state index contributed by atoms with van der Waals surface area (Å²) in [5.74, 6) is 0.782. The van der Waals surface area contributed by atoms with E-state index in [2.05, 4.69) is 21.8 Å². The largest absolute Gasteiger partial charge is 0.303 e. The number of thiophene rings is 1. The second kappa shape index (κ2) is 7.25. The monoisotopic (exact) mass is 340 g/mol. The van der Waals surface area contributed by atoms with E-state index in [1.165, 1.54) is 30.6 Å². The molecule has 1 atom stereocenters. The molecule has 2 heterocycles. The molecule has 3 rings (SSSR count). The fraction of sp³-hybridized carbons (Fsp3) is 0.625. The van der Waals surface area contributed by atoms with Crippen molar-refractivity contribution in [1.82, 2.24) is 9.62 Å². The molecule has 1 aliphatic heterocycles. The number of sulfonamides is 1. The zero-order chi connectivity index (χ0) is 15.4. The number of nitrogens with one attached hydrogen (secondary N) is 1. The molecule has 6 heteroatoms. The molecule has 1 N–H and O–H groups in total. The minimum atomic E-state index is -3.32. The molecule has 1 saturated heterocycles. The first-order valence-corrected chi connectivity index (χ1v) is 10.4. The molecule has 1 fully saturated rings. The lowest BCUT2D eigenvalue weighted by molar-refractivity contribution is 0.174. The molecule has 22 heavy (non-hydrogen) atoms. The Balaban J connectivity index is 1.46. The lowest BCUT2D eigenvalue weighted by Crippen LogP contribution is -2.45. The van der Waals surface area contributed by atoms with Crippen molar-refractivity contribution >= 4 is 21.4 Å². The standard InChI is InChI=1S/C16H24N2O2S2/c19-22(20,16-7-4-12-21-16)17-15-8-10-18(11-9-15)13-14-5-2-1-3-6-14/h1-2,4,7,12,14-15,17H,3,5-6,8-11,13H2. The van der Waals surface area contributed by atoms with Gasteiger partial charge in [-0.15, -0.1) is 11.3 Å². The van der Waals surface area contributed by atoms with E-state index < -0.39 is 10.0 Å². The zero-order valence-electron chi connectivity index (χ0n) is 12.8. The van der Waals surface area contributed by atoms with E-state index >= 15 is 0 Å². The molecule has 4 nitrogen and oxygen atoms in total. The molecule has 0 spiro atoms. The van der Waals surface area contributed by atoms with Gasteiger partial charge in [-0.3, -0.25) is 0 Å². The highest BCUT2D eigenvalue weighted by molar-refractivity contribution is 7.91. The third-order valence-corrected chi connectivity index (χ3v) is 7.48. The highest BCUT2D eigenvalue weighted by atomic mass is 32.2. The van der Waals surface area contributed by atoms with Crippen molar-refractivity contribution in [2.75, 3.05) is 19.6 Å². The third-order valence-electron chi connectivity index (χ3n) is 4.56. The van der Waals surface area contributed by atoms with E-state index in [0.29, 0.717) is 4.21 Å². The SMILES string of the molecule is O=S(=O)(NC1CCN(CC2CC=CCC2)CC1)c1cccs1. The topological polar surface area (TPSA) is 49.4 Å². The lowest BCUT2D eigenvalue weighted by Gasteiger charge is -2.34. The zero-order valence-corrected chi connectivity index (χ0v) is 14.4. The van der Waals surface area contributed by atoms with Crippen molar-refractivity contribution in [3.05, 3.63) is 29.7 Å². The molecule has 0 saturated carbocycles. The Morgan fingerprint density at radius 3 is 2.68 bits per heavy atom. The first-order chi connectivity index (χ1) is 10.6. The van der Waals surface area contributed by atoms with Crippen LogP contribution in [0.25, 0.3) is 0 Å². The Hall–Kier alpha value is -0.690. The quantitative estimate of drug-likeness (QED) is 0.839. The number of piperidine rings is 1. The Kier molecular flexibility index (Phi) is 5.33. The molecule has 2 aliphatic rings. The van der Waals surface area contributed by atoms with Crippen LogP contribution in [0.15, 0.2) is 33.9 Å². The molecule has 0 amide bonds. The number of hydrogen-bond donors (Lipinski definition) is 1. The maximum atomic E-state index is 12.2. The van der Waals surface area contributed by atoms with E-state index in [1.54, 1.807) is 17.5 Å². The van der Waals surface area contributed by atoms with Crippen LogP contribution in [0.3, 0.4) is 0 Å². The van der Waals surface area contributed by atoms with Gasteiger partial charge in [0.1, 0.15) is 4.21 Å². The number of hydrogen-bond acceptors (Lipinski definition) is 4. The number of likely N-dealkylation sites (tertiary alicyclic amines) is 1. The van der Waals surface area contributed by atoms with Crippen molar-refractivity contribution in [3.63, 3.8) is 0 Å². The van der Waals surface area contributed by atoms with Gasteiger partial charge >= 0.3 is 0 Å². The average Bonchev–Trinajstić information content (AvgIpc) is 3.05. The highest BCUT2D eigenvalue weighted by Gasteiger charge is 2.26. The van der Waals surface area contributed by atoms with Gasteiger partial charge in [0.2, 0.25) is 10.0 Å². The van der Waals surface area contributed by atoms with Gasteiger partial charge < -0.3 is 4.90 Å². The van der Waals surface area contributed by atoms with E-state index in [0.717, 1.165) is 38.4 Å². The second-order valence-electron chi connectivity index (χ2n) is 6.28. The molecular formula is C16H24N2O2S2. The van der Waals surface area contributed by atoms with Crippen LogP contribution in [-0.4, -0.2) is 39.0 Å². The predicted molar refractivity (Wildman–Crippen MR) is 90.6 cm³/mol. The minimum Gasteiger partial charge on any atom is -0.303 e. The van der Waals surface area contributed by atoms with Gasteiger partial charge in [-0.2, -0.15) is 0 Å². The van der Waals surface area contributed by atoms with Crippen LogP contribution < -0.4 is 4.72 Å². The van der Waals surface area contributed by atoms with Crippen LogP contribution >= 0.6 is 11.3 Å².